The first-order valence-electron chi connectivity index (χ1n) is 2.85. The molecule has 0 aliphatic rings. The van der Waals surface area contributed by atoms with Gasteiger partial charge in [0.25, 0.3) is 0 Å². The summed E-state index contributed by atoms with van der Waals surface area (Å²) in [6.07, 6.45) is -0.627. The van der Waals surface area contributed by atoms with E-state index in [0.717, 1.165) is 0 Å². The Morgan fingerprint density at radius 1 is 1.60 bits per heavy atom. The van der Waals surface area contributed by atoms with Crippen LogP contribution in [-0.2, 0) is 9.53 Å². The van der Waals surface area contributed by atoms with Crippen LogP contribution in [0.5, 0.6) is 0 Å². The van der Waals surface area contributed by atoms with Gasteiger partial charge in [0.2, 0.25) is 0 Å². The molecule has 0 aromatic carbocycles. The molecule has 1 N–H and O–H groups in total. The van der Waals surface area contributed by atoms with Crippen molar-refractivity contribution in [1.82, 2.24) is 0 Å². The molecular weight excluding hydrogens is 127 g/mol. The topological polar surface area (TPSA) is 46.5 Å². The zero-order valence-corrected chi connectivity index (χ0v) is 6.92. The second-order valence-electron chi connectivity index (χ2n) is 2.05. The van der Waals surface area contributed by atoms with E-state index in [4.69, 9.17) is 5.11 Å². The Hall–Kier alpha value is 0.0274. The Bertz CT molecular complexity index is 108. The number of carbonyl (C=O) groups is 1. The molecule has 56 valence electrons. The second kappa shape index (κ2) is 5.79. The molecule has 3 nitrogen and oxygen atoms in total. The van der Waals surface area contributed by atoms with Gasteiger partial charge in [-0.25, -0.2) is 0 Å². The van der Waals surface area contributed by atoms with Crippen LogP contribution >= 0.6 is 0 Å². The summed E-state index contributed by atoms with van der Waals surface area (Å²) in [5, 5.41) is 8.82. The van der Waals surface area contributed by atoms with Crippen molar-refractivity contribution in [2.24, 2.45) is 5.92 Å². The molecule has 2 atom stereocenters. The Balaban J connectivity index is -0.000000320. The molecule has 4 heteroatoms. The van der Waals surface area contributed by atoms with Gasteiger partial charge in [0.05, 0.1) is 19.1 Å². The molecule has 0 heterocycles. The van der Waals surface area contributed by atoms with E-state index in [1.807, 2.05) is 0 Å². The van der Waals surface area contributed by atoms with Gasteiger partial charge in [0.1, 0.15) is 0 Å². The maximum atomic E-state index is 10.6. The molecule has 0 radical (unpaired) electrons. The van der Waals surface area contributed by atoms with Crippen molar-refractivity contribution in [3.8, 4) is 0 Å². The van der Waals surface area contributed by atoms with Crippen LogP contribution in [0.4, 0.5) is 0 Å². The monoisotopic (exact) mass is 140 g/mol. The third-order valence-electron chi connectivity index (χ3n) is 1.30. The fraction of sp³-hybridized carbons (Fsp3) is 0.833. The van der Waals surface area contributed by atoms with Gasteiger partial charge in [0, 0.05) is 0 Å². The Kier molecular flexibility index (Phi) is 7.34. The van der Waals surface area contributed by atoms with Crippen molar-refractivity contribution in [2.75, 3.05) is 7.11 Å². The number of aliphatic hydroxyl groups excluding tert-OH is 1. The predicted octanol–water partition coefficient (Wildman–Crippen LogP) is -2.71. The average Bonchev–Trinajstić information content (AvgIpc) is 1.84. The second-order valence-corrected chi connectivity index (χ2v) is 2.05. The molecular formula is C6H13LiO3. The summed E-state index contributed by atoms with van der Waals surface area (Å²) in [5.74, 6) is -0.792. The number of esters is 1. The number of ether oxygens (including phenoxy) is 1. The van der Waals surface area contributed by atoms with E-state index < -0.39 is 12.0 Å². The van der Waals surface area contributed by atoms with Gasteiger partial charge in [0.15, 0.2) is 0 Å². The van der Waals surface area contributed by atoms with Gasteiger partial charge in [-0.1, -0.05) is 0 Å². The summed E-state index contributed by atoms with van der Waals surface area (Å²) >= 11 is 0. The van der Waals surface area contributed by atoms with Crippen LogP contribution in [0, 0.1) is 5.92 Å². The molecule has 0 saturated heterocycles. The van der Waals surface area contributed by atoms with E-state index >= 15 is 0 Å². The maximum absolute atomic E-state index is 10.6. The van der Waals surface area contributed by atoms with Crippen LogP contribution < -0.4 is 18.9 Å². The van der Waals surface area contributed by atoms with Crippen LogP contribution in [-0.4, -0.2) is 24.3 Å². The number of hydrogen-bond acceptors (Lipinski definition) is 3. The van der Waals surface area contributed by atoms with Crippen molar-refractivity contribution in [1.29, 1.82) is 0 Å². The first-order valence-corrected chi connectivity index (χ1v) is 2.85. The maximum Gasteiger partial charge on any atom is 1.00 e. The smallest absolute Gasteiger partial charge is 1.00 e. The third kappa shape index (κ3) is 3.94. The Morgan fingerprint density at radius 3 is 2.10 bits per heavy atom. The van der Waals surface area contributed by atoms with Crippen LogP contribution in [0.15, 0.2) is 0 Å². The minimum absolute atomic E-state index is 0. The zero-order valence-electron chi connectivity index (χ0n) is 7.92. The number of carbonyl (C=O) groups excluding carboxylic acids is 1. The van der Waals surface area contributed by atoms with Gasteiger partial charge in [-0.15, -0.1) is 0 Å². The zero-order chi connectivity index (χ0) is 7.44. The van der Waals surface area contributed by atoms with Crippen molar-refractivity contribution in [3.05, 3.63) is 0 Å². The molecule has 0 bridgehead atoms. The molecule has 0 aliphatic heterocycles. The SMILES string of the molecule is COC(=O)[C@H](C)[C@@H](C)O.[H-].[Li+]. The van der Waals surface area contributed by atoms with Gasteiger partial charge < -0.3 is 11.3 Å². The number of hydrogen-bond donors (Lipinski definition) is 1. The van der Waals surface area contributed by atoms with Gasteiger partial charge in [-0.2, -0.15) is 0 Å². The molecule has 0 aromatic heterocycles. The van der Waals surface area contributed by atoms with E-state index in [9.17, 15) is 4.79 Å². The van der Waals surface area contributed by atoms with E-state index in [2.05, 4.69) is 4.74 Å². The molecule has 0 amide bonds. The molecule has 0 fully saturated rings. The molecule has 0 aliphatic carbocycles. The summed E-state index contributed by atoms with van der Waals surface area (Å²) in [4.78, 5) is 10.6. The van der Waals surface area contributed by atoms with Crippen LogP contribution in [0.1, 0.15) is 15.3 Å². The van der Waals surface area contributed by atoms with E-state index in [1.54, 1.807) is 13.8 Å². The average molecular weight is 140 g/mol. The number of methoxy groups -OCH3 is 1. The standard InChI is InChI=1S/C6H12O3.Li.H/c1-4(5(2)7)6(8)9-3;;/h4-5,7H,1-3H3;;/q;+1;-1/t4-,5-;;/m1../s1. The fourth-order valence-corrected chi connectivity index (χ4v) is 0.383. The third-order valence-corrected chi connectivity index (χ3v) is 1.30. The summed E-state index contributed by atoms with van der Waals surface area (Å²) in [7, 11) is 1.31. The van der Waals surface area contributed by atoms with Crippen molar-refractivity contribution < 1.29 is 34.9 Å². The molecule has 10 heavy (non-hydrogen) atoms. The quantitative estimate of drug-likeness (QED) is 0.335. The van der Waals surface area contributed by atoms with Crippen LogP contribution in [0.25, 0.3) is 0 Å². The van der Waals surface area contributed by atoms with E-state index in [0.29, 0.717) is 0 Å². The van der Waals surface area contributed by atoms with Crippen molar-refractivity contribution in [2.45, 2.75) is 20.0 Å². The summed E-state index contributed by atoms with van der Waals surface area (Å²) in [5.41, 5.74) is 0. The van der Waals surface area contributed by atoms with E-state index in [-0.39, 0.29) is 26.3 Å². The number of rotatable bonds is 2. The van der Waals surface area contributed by atoms with E-state index in [1.165, 1.54) is 7.11 Å². The van der Waals surface area contributed by atoms with Gasteiger partial charge in [-0.3, -0.25) is 4.79 Å². The number of aliphatic hydroxyl groups is 1. The Morgan fingerprint density at radius 2 is 2.00 bits per heavy atom. The van der Waals surface area contributed by atoms with Crippen LogP contribution in [0.2, 0.25) is 0 Å². The predicted molar refractivity (Wildman–Crippen MR) is 34.0 cm³/mol. The summed E-state index contributed by atoms with van der Waals surface area (Å²) in [6.45, 7) is 3.18. The molecule has 0 unspecified atom stereocenters. The van der Waals surface area contributed by atoms with Crippen molar-refractivity contribution >= 4 is 5.97 Å². The first kappa shape index (κ1) is 12.7. The largest absolute Gasteiger partial charge is 1.00 e. The molecule has 0 aromatic rings. The minimum Gasteiger partial charge on any atom is -1.00 e. The Labute approximate surface area is 74.4 Å². The van der Waals surface area contributed by atoms with Gasteiger partial charge in [-0.05, 0) is 13.8 Å². The first-order chi connectivity index (χ1) is 4.09. The fourth-order valence-electron chi connectivity index (χ4n) is 0.383. The van der Waals surface area contributed by atoms with Crippen LogP contribution in [0.3, 0.4) is 0 Å². The summed E-state index contributed by atoms with van der Waals surface area (Å²) < 4.78 is 4.37. The van der Waals surface area contributed by atoms with Crippen molar-refractivity contribution in [3.63, 3.8) is 0 Å². The van der Waals surface area contributed by atoms with Gasteiger partial charge >= 0.3 is 24.8 Å². The molecule has 0 rings (SSSR count). The molecule has 0 spiro atoms. The normalized spacial score (nSPS) is 14.8. The molecule has 0 saturated carbocycles. The summed E-state index contributed by atoms with van der Waals surface area (Å²) in [6, 6.07) is 0. The minimum atomic E-state index is -0.627.